The Bertz CT molecular complexity index is 3540. The van der Waals surface area contributed by atoms with Crippen LogP contribution in [0.1, 0.15) is 25.0 Å². The molecule has 2 heterocycles. The average molecular weight is 774 g/mol. The molecule has 2 aromatic heterocycles. The Balaban J connectivity index is 0.00000420. The summed E-state index contributed by atoms with van der Waals surface area (Å²) < 4.78 is 0. The van der Waals surface area contributed by atoms with Crippen molar-refractivity contribution in [2.75, 3.05) is 0 Å². The molecule has 0 radical (unpaired) electrons. The fourth-order valence-corrected chi connectivity index (χ4v) is 10.1. The van der Waals surface area contributed by atoms with Crippen molar-refractivity contribution in [1.29, 1.82) is 0 Å². The van der Waals surface area contributed by atoms with Crippen LogP contribution in [0.25, 0.3) is 110 Å². The molecule has 0 fully saturated rings. The van der Waals surface area contributed by atoms with Crippen LogP contribution in [-0.4, -0.2) is 4.98 Å². The van der Waals surface area contributed by atoms with Gasteiger partial charge in [0.15, 0.2) is 0 Å². The first kappa shape index (κ1) is 37.0. The van der Waals surface area contributed by atoms with Crippen molar-refractivity contribution in [3.05, 3.63) is 199 Å². The number of hydrogen-bond acceptors (Lipinski definition) is 2. The van der Waals surface area contributed by atoms with Crippen molar-refractivity contribution in [3.8, 4) is 61.6 Å². The van der Waals surface area contributed by atoms with Gasteiger partial charge in [-0.25, -0.2) is 9.97 Å². The van der Waals surface area contributed by atoms with E-state index in [-0.39, 0.29) is 30.0 Å². The molecule has 0 spiro atoms. The number of benzene rings is 9. The van der Waals surface area contributed by atoms with E-state index < -0.39 is 0 Å². The topological polar surface area (TPSA) is 50.1 Å². The van der Waals surface area contributed by atoms with Gasteiger partial charge in [0.1, 0.15) is 5.52 Å². The van der Waals surface area contributed by atoms with E-state index in [2.05, 4.69) is 177 Å². The molecule has 1 N–H and O–H groups in total. The fraction of sp³-hybridized carbons (Fsp3) is 0.0526. The molecule has 0 saturated heterocycles. The minimum Gasteiger partial charge on any atom is -0.872 e. The molecule has 0 bridgehead atoms. The van der Waals surface area contributed by atoms with Crippen molar-refractivity contribution in [1.82, 2.24) is 4.98 Å². The third-order valence-electron chi connectivity index (χ3n) is 13.0. The third-order valence-corrected chi connectivity index (χ3v) is 13.0. The van der Waals surface area contributed by atoms with E-state index in [4.69, 9.17) is 4.98 Å². The summed E-state index contributed by atoms with van der Waals surface area (Å²) in [6.07, 6.45) is 0. The zero-order valence-electron chi connectivity index (χ0n) is 34.3. The summed E-state index contributed by atoms with van der Waals surface area (Å²) in [5, 5.41) is 22.4. The van der Waals surface area contributed by atoms with Gasteiger partial charge in [-0.05, 0) is 113 Å². The maximum atomic E-state index is 12.7. The Morgan fingerprint density at radius 1 is 0.443 bits per heavy atom. The minimum atomic E-state index is -0.247. The normalized spacial score (nSPS) is 12.8. The monoisotopic (exact) mass is 773 g/mol. The van der Waals surface area contributed by atoms with Gasteiger partial charge < -0.3 is 5.11 Å². The molecular weight excluding hydrogens is 736 g/mol. The standard InChI is InChI=1S/C57H38N2O.Li/c1-57(2)48-32-37(50-30-26-35-22-23-36-27-31-51(59-56(36)55(35)58-50)47-19-9-10-21-52(47)60)24-28-40(48)41-29-25-38(33-49(41)57)53-43-15-5-7-17-45(43)54(46-18-8-6-16-44(46)53)42-20-11-13-34-12-3-4-14-39(34)42;/h3-33,60H,1-2H3;/q;+1. The van der Waals surface area contributed by atoms with E-state index >= 15 is 0 Å². The SMILES string of the molecule is CC1(C)c2cc(-c3ccc4ccc5ccc(-c6ccccc6[O-])[nH+]c5c4n3)ccc2-c2ccc(-c3c4ccccc4c(-c4cccc5ccccc45)c4ccccc34)cc21.[Li+]. The molecule has 0 saturated carbocycles. The van der Waals surface area contributed by atoms with Crippen molar-refractivity contribution in [2.45, 2.75) is 19.3 Å². The summed E-state index contributed by atoms with van der Waals surface area (Å²) >= 11 is 0. The number of para-hydroxylation sites is 1. The predicted molar refractivity (Wildman–Crippen MR) is 247 cm³/mol. The number of aromatic amines is 1. The van der Waals surface area contributed by atoms with Gasteiger partial charge in [0.05, 0.1) is 5.69 Å². The van der Waals surface area contributed by atoms with E-state index in [1.807, 2.05) is 18.2 Å². The molecule has 4 heteroatoms. The molecule has 282 valence electrons. The van der Waals surface area contributed by atoms with E-state index in [1.54, 1.807) is 12.1 Å². The van der Waals surface area contributed by atoms with Crippen LogP contribution in [-0.2, 0) is 5.41 Å². The Kier molecular flexibility index (Phi) is 8.52. The second-order valence-electron chi connectivity index (χ2n) is 16.7. The molecule has 61 heavy (non-hydrogen) atoms. The molecule has 0 unspecified atom stereocenters. The second kappa shape index (κ2) is 14.0. The predicted octanol–water partition coefficient (Wildman–Crippen LogP) is 10.7. The van der Waals surface area contributed by atoms with E-state index in [1.165, 1.54) is 76.8 Å². The Morgan fingerprint density at radius 2 is 0.984 bits per heavy atom. The second-order valence-corrected chi connectivity index (χ2v) is 16.7. The van der Waals surface area contributed by atoms with Crippen molar-refractivity contribution >= 4 is 54.1 Å². The van der Waals surface area contributed by atoms with Crippen molar-refractivity contribution in [3.63, 3.8) is 0 Å². The Morgan fingerprint density at radius 3 is 1.70 bits per heavy atom. The fourth-order valence-electron chi connectivity index (χ4n) is 10.1. The molecular formula is C57H38LiN2O+. The van der Waals surface area contributed by atoms with E-state index in [0.717, 1.165) is 38.8 Å². The molecule has 0 atom stereocenters. The van der Waals surface area contributed by atoms with Crippen LogP contribution < -0.4 is 29.0 Å². The van der Waals surface area contributed by atoms with Crippen LogP contribution in [0.4, 0.5) is 0 Å². The number of nitrogens with one attached hydrogen (secondary N) is 1. The number of pyridine rings is 2. The molecule has 12 rings (SSSR count). The summed E-state index contributed by atoms with van der Waals surface area (Å²) in [5.74, 6) is -0.00708. The van der Waals surface area contributed by atoms with Gasteiger partial charge in [-0.15, -0.1) is 0 Å². The average Bonchev–Trinajstić information content (AvgIpc) is 3.52. The summed E-state index contributed by atoms with van der Waals surface area (Å²) in [5.41, 5.74) is 15.2. The van der Waals surface area contributed by atoms with Gasteiger partial charge >= 0.3 is 18.9 Å². The quantitative estimate of drug-likeness (QED) is 0.102. The Hall–Kier alpha value is -7.02. The molecule has 1 aliphatic rings. The minimum absolute atomic E-state index is 0. The first-order chi connectivity index (χ1) is 29.4. The summed E-state index contributed by atoms with van der Waals surface area (Å²) in [6.45, 7) is 4.72. The van der Waals surface area contributed by atoms with Gasteiger partial charge in [-0.1, -0.05) is 165 Å². The summed E-state index contributed by atoms with van der Waals surface area (Å²) in [6, 6.07) is 66.9. The molecule has 0 amide bonds. The zero-order chi connectivity index (χ0) is 40.1. The third kappa shape index (κ3) is 5.66. The smallest absolute Gasteiger partial charge is 0.872 e. The van der Waals surface area contributed by atoms with Crippen LogP contribution in [0.15, 0.2) is 188 Å². The van der Waals surface area contributed by atoms with Crippen molar-refractivity contribution in [2.24, 2.45) is 0 Å². The maximum absolute atomic E-state index is 12.7. The van der Waals surface area contributed by atoms with Gasteiger partial charge in [0.2, 0.25) is 11.2 Å². The number of H-pyrrole nitrogens is 1. The number of fused-ring (bicyclic) bond motifs is 9. The zero-order valence-corrected chi connectivity index (χ0v) is 34.3. The van der Waals surface area contributed by atoms with Crippen LogP contribution in [0, 0.1) is 0 Å². The Labute approximate surface area is 366 Å². The first-order valence-electron chi connectivity index (χ1n) is 20.7. The van der Waals surface area contributed by atoms with Crippen LogP contribution in [0.2, 0.25) is 0 Å². The van der Waals surface area contributed by atoms with Gasteiger partial charge in [-0.3, -0.25) is 0 Å². The summed E-state index contributed by atoms with van der Waals surface area (Å²) in [4.78, 5) is 8.87. The molecule has 3 nitrogen and oxygen atoms in total. The maximum Gasteiger partial charge on any atom is 1.00 e. The van der Waals surface area contributed by atoms with E-state index in [0.29, 0.717) is 5.56 Å². The number of hydrogen-bond donors (Lipinski definition) is 0. The number of nitrogens with zero attached hydrogens (tertiary/aromatic N) is 1. The van der Waals surface area contributed by atoms with Gasteiger partial charge in [-0.2, -0.15) is 0 Å². The van der Waals surface area contributed by atoms with Crippen LogP contribution >= 0.6 is 0 Å². The molecule has 0 aliphatic heterocycles. The molecule has 11 aromatic rings. The number of rotatable bonds is 4. The van der Waals surface area contributed by atoms with Gasteiger partial charge in [0.25, 0.3) is 0 Å². The number of aromatic nitrogens is 2. The first-order valence-corrected chi connectivity index (χ1v) is 20.7. The summed E-state index contributed by atoms with van der Waals surface area (Å²) in [7, 11) is 0. The van der Waals surface area contributed by atoms with Crippen molar-refractivity contribution < 1.29 is 29.0 Å². The molecule has 9 aromatic carbocycles. The van der Waals surface area contributed by atoms with Gasteiger partial charge in [0, 0.05) is 33.4 Å². The van der Waals surface area contributed by atoms with Crippen LogP contribution in [0.3, 0.4) is 0 Å². The van der Waals surface area contributed by atoms with Crippen LogP contribution in [0.5, 0.6) is 5.75 Å². The van der Waals surface area contributed by atoms with E-state index in [9.17, 15) is 5.11 Å². The largest absolute Gasteiger partial charge is 1.00 e. The molecule has 1 aliphatic carbocycles.